The van der Waals surface area contributed by atoms with Crippen molar-refractivity contribution < 1.29 is 18.7 Å². The Morgan fingerprint density at radius 1 is 1.08 bits per heavy atom. The number of fused-ring (bicyclic) bond motifs is 1. The van der Waals surface area contributed by atoms with Crippen molar-refractivity contribution >= 4 is 17.5 Å². The number of rotatable bonds is 4. The van der Waals surface area contributed by atoms with E-state index in [1.54, 1.807) is 59.4 Å². The molecule has 3 aromatic heterocycles. The summed E-state index contributed by atoms with van der Waals surface area (Å²) in [5, 5.41) is 8.54. The quantitative estimate of drug-likeness (QED) is 0.381. The summed E-state index contributed by atoms with van der Waals surface area (Å²) < 4.78 is 24.0. The number of halogens is 1. The van der Waals surface area contributed by atoms with E-state index in [0.29, 0.717) is 35.6 Å². The molecule has 0 spiro atoms. The molecule has 1 fully saturated rings. The van der Waals surface area contributed by atoms with Gasteiger partial charge in [0.25, 0.3) is 0 Å². The lowest BCUT2D eigenvalue weighted by Gasteiger charge is -2.35. The Morgan fingerprint density at radius 2 is 1.85 bits per heavy atom. The summed E-state index contributed by atoms with van der Waals surface area (Å²) in [6, 6.07) is 6.72. The largest absolute Gasteiger partial charge is 0.444 e. The summed E-state index contributed by atoms with van der Waals surface area (Å²) in [5.74, 6) is -0.696. The molecule has 2 amide bonds. The van der Waals surface area contributed by atoms with E-state index < -0.39 is 17.5 Å². The molecule has 10 nitrogen and oxygen atoms in total. The summed E-state index contributed by atoms with van der Waals surface area (Å²) in [6.07, 6.45) is 6.52. The number of aryl methyl sites for hydroxylation is 1. The summed E-state index contributed by atoms with van der Waals surface area (Å²) in [4.78, 5) is 32.7. The second-order valence-corrected chi connectivity index (χ2v) is 10.1. The van der Waals surface area contributed by atoms with Gasteiger partial charge in [-0.05, 0) is 32.9 Å². The van der Waals surface area contributed by atoms with E-state index in [0.717, 1.165) is 11.1 Å². The first-order valence-electron chi connectivity index (χ1n) is 13.0. The highest BCUT2D eigenvalue weighted by molar-refractivity contribution is 5.84. The molecule has 0 N–H and O–H groups in total. The molecule has 11 heteroatoms. The third-order valence-electron chi connectivity index (χ3n) is 6.05. The molecule has 5 rings (SSSR count). The number of hydrogen-bond donors (Lipinski definition) is 0. The van der Waals surface area contributed by atoms with Crippen LogP contribution in [0.5, 0.6) is 0 Å². The lowest BCUT2D eigenvalue weighted by atomic mass is 10.1. The van der Waals surface area contributed by atoms with E-state index >= 15 is 4.39 Å². The maximum atomic E-state index is 15.3. The summed E-state index contributed by atoms with van der Waals surface area (Å²) >= 11 is 0. The van der Waals surface area contributed by atoms with Crippen molar-refractivity contribution in [3.05, 3.63) is 60.4 Å². The minimum Gasteiger partial charge on any atom is -0.444 e. The number of aromatic nitrogens is 5. The van der Waals surface area contributed by atoms with Gasteiger partial charge in [0, 0.05) is 49.6 Å². The monoisotopic (exact) mass is 535 g/mol. The Labute approximate surface area is 227 Å². The Hall–Kier alpha value is -4.28. The van der Waals surface area contributed by atoms with Gasteiger partial charge >= 0.3 is 6.09 Å². The zero-order chi connectivity index (χ0) is 28.3. The second kappa shape index (κ2) is 11.2. The number of hydrogen-bond acceptors (Lipinski definition) is 6. The molecule has 0 unspecified atom stereocenters. The molecule has 0 radical (unpaired) electrons. The van der Waals surface area contributed by atoms with Crippen LogP contribution in [0.2, 0.25) is 0 Å². The van der Waals surface area contributed by atoms with Crippen LogP contribution in [0, 0.1) is 5.82 Å². The molecule has 0 aliphatic carbocycles. The molecule has 0 bridgehead atoms. The number of carbonyl (C=O) groups is 2. The standard InChI is InChI=1S/C26H28FN7O3.C2H6/c1-26(2,3)37-25(36)33-10-9-32(23(35)16-33)14-18-6-5-17(11-20(18)27)24-22-7-8-28-34(22)15-21(30-24)19-12-29-31(4)13-19;1-2/h5-8,11-13,15H,9-10,14,16H2,1-4H3;1-2H3. The van der Waals surface area contributed by atoms with E-state index in [4.69, 9.17) is 9.72 Å². The van der Waals surface area contributed by atoms with E-state index in [-0.39, 0.29) is 19.0 Å². The number of piperazine rings is 1. The molecule has 0 atom stereocenters. The van der Waals surface area contributed by atoms with Crippen LogP contribution < -0.4 is 0 Å². The van der Waals surface area contributed by atoms with Crippen LogP contribution in [0.1, 0.15) is 40.2 Å². The number of amides is 2. The minimum atomic E-state index is -0.642. The number of nitrogens with zero attached hydrogens (tertiary/aromatic N) is 7. The molecule has 1 aromatic carbocycles. The second-order valence-electron chi connectivity index (χ2n) is 10.1. The SMILES string of the molecule is CC.Cn1cc(-c2cn3nccc3c(-c3ccc(CN4CCN(C(=O)OC(C)(C)C)CC4=O)c(F)c3)n2)cn1. The van der Waals surface area contributed by atoms with Gasteiger partial charge in [-0.25, -0.2) is 18.7 Å². The maximum Gasteiger partial charge on any atom is 0.410 e. The highest BCUT2D eigenvalue weighted by Crippen LogP contribution is 2.28. The average molecular weight is 536 g/mol. The van der Waals surface area contributed by atoms with Crippen molar-refractivity contribution in [1.29, 1.82) is 0 Å². The third kappa shape index (κ3) is 6.24. The molecular formula is C28H34FN7O3. The van der Waals surface area contributed by atoms with E-state index in [9.17, 15) is 9.59 Å². The highest BCUT2D eigenvalue weighted by atomic mass is 19.1. The van der Waals surface area contributed by atoms with Crippen LogP contribution in [0.25, 0.3) is 28.0 Å². The predicted molar refractivity (Wildman–Crippen MR) is 145 cm³/mol. The van der Waals surface area contributed by atoms with Crippen LogP contribution in [-0.2, 0) is 23.1 Å². The van der Waals surface area contributed by atoms with Crippen LogP contribution in [0.4, 0.5) is 9.18 Å². The molecule has 1 saturated heterocycles. The lowest BCUT2D eigenvalue weighted by Crippen LogP contribution is -2.52. The minimum absolute atomic E-state index is 0.0983. The molecule has 1 aliphatic rings. The fourth-order valence-electron chi connectivity index (χ4n) is 4.22. The summed E-state index contributed by atoms with van der Waals surface area (Å²) in [5.41, 5.74) is 3.16. The number of carbonyl (C=O) groups excluding carboxylic acids is 2. The topological polar surface area (TPSA) is 97.9 Å². The van der Waals surface area contributed by atoms with Crippen molar-refractivity contribution in [2.75, 3.05) is 19.6 Å². The molecule has 4 aromatic rings. The van der Waals surface area contributed by atoms with Crippen molar-refractivity contribution in [3.63, 3.8) is 0 Å². The summed E-state index contributed by atoms with van der Waals surface area (Å²) in [6.45, 7) is 9.96. The first kappa shape index (κ1) is 27.7. The van der Waals surface area contributed by atoms with Crippen molar-refractivity contribution in [2.45, 2.75) is 46.8 Å². The van der Waals surface area contributed by atoms with Gasteiger partial charge in [0.05, 0.1) is 35.5 Å². The maximum absolute atomic E-state index is 15.3. The van der Waals surface area contributed by atoms with Crippen molar-refractivity contribution in [3.8, 4) is 22.5 Å². The van der Waals surface area contributed by atoms with Gasteiger partial charge in [-0.15, -0.1) is 0 Å². The Kier molecular flexibility index (Phi) is 7.98. The highest BCUT2D eigenvalue weighted by Gasteiger charge is 2.30. The normalized spacial score (nSPS) is 13.9. The number of benzene rings is 1. The van der Waals surface area contributed by atoms with Gasteiger partial charge < -0.3 is 9.64 Å². The van der Waals surface area contributed by atoms with Gasteiger partial charge in [0.1, 0.15) is 18.0 Å². The smallest absolute Gasteiger partial charge is 0.410 e. The molecule has 39 heavy (non-hydrogen) atoms. The van der Waals surface area contributed by atoms with Crippen LogP contribution in [0.15, 0.2) is 49.1 Å². The van der Waals surface area contributed by atoms with Crippen LogP contribution in [0.3, 0.4) is 0 Å². The first-order valence-corrected chi connectivity index (χ1v) is 13.0. The Morgan fingerprint density at radius 3 is 2.49 bits per heavy atom. The Bertz CT molecular complexity index is 1490. The van der Waals surface area contributed by atoms with Crippen molar-refractivity contribution in [2.24, 2.45) is 7.05 Å². The van der Waals surface area contributed by atoms with E-state index in [1.807, 2.05) is 39.4 Å². The average Bonchev–Trinajstić information content (AvgIpc) is 3.55. The number of ether oxygens (including phenoxy) is 1. The van der Waals surface area contributed by atoms with Gasteiger partial charge in [-0.1, -0.05) is 26.0 Å². The van der Waals surface area contributed by atoms with Gasteiger partial charge in [0.2, 0.25) is 5.91 Å². The zero-order valence-corrected chi connectivity index (χ0v) is 23.2. The van der Waals surface area contributed by atoms with Crippen molar-refractivity contribution in [1.82, 2.24) is 34.2 Å². The molecule has 1 aliphatic heterocycles. The fraction of sp³-hybridized carbons (Fsp3) is 0.393. The van der Waals surface area contributed by atoms with Crippen LogP contribution >= 0.6 is 0 Å². The zero-order valence-electron chi connectivity index (χ0n) is 23.2. The lowest BCUT2D eigenvalue weighted by molar-refractivity contribution is -0.136. The van der Waals surface area contributed by atoms with Gasteiger partial charge in [-0.3, -0.25) is 14.4 Å². The van der Waals surface area contributed by atoms with Gasteiger partial charge in [-0.2, -0.15) is 10.2 Å². The predicted octanol–water partition coefficient (Wildman–Crippen LogP) is 4.54. The fourth-order valence-corrected chi connectivity index (χ4v) is 4.22. The molecule has 0 saturated carbocycles. The molecular weight excluding hydrogens is 501 g/mol. The van der Waals surface area contributed by atoms with Crippen LogP contribution in [-0.4, -0.2) is 71.4 Å². The van der Waals surface area contributed by atoms with E-state index in [1.165, 1.54) is 11.0 Å². The van der Waals surface area contributed by atoms with E-state index in [2.05, 4.69) is 10.2 Å². The van der Waals surface area contributed by atoms with Gasteiger partial charge in [0.15, 0.2) is 0 Å². The summed E-state index contributed by atoms with van der Waals surface area (Å²) in [7, 11) is 1.83. The molecule has 206 valence electrons. The molecule has 4 heterocycles. The first-order chi connectivity index (χ1) is 18.6. The Balaban J connectivity index is 0.00000172. The third-order valence-corrected chi connectivity index (χ3v) is 6.05.